The molecule has 0 saturated carbocycles. The van der Waals surface area contributed by atoms with Crippen molar-refractivity contribution in [1.82, 2.24) is 0 Å². The Bertz CT molecular complexity index is 1570. The van der Waals surface area contributed by atoms with Crippen molar-refractivity contribution in [3.63, 3.8) is 0 Å². The molecule has 0 aliphatic heterocycles. The zero-order valence-electron chi connectivity index (χ0n) is 24.1. The molecule has 40 heavy (non-hydrogen) atoms. The van der Waals surface area contributed by atoms with Crippen molar-refractivity contribution in [1.29, 1.82) is 0 Å². The number of aryl methyl sites for hydroxylation is 2. The monoisotopic (exact) mass is 640 g/mol. The van der Waals surface area contributed by atoms with Gasteiger partial charge in [0.05, 0.1) is 0 Å². The van der Waals surface area contributed by atoms with E-state index in [1.807, 2.05) is 0 Å². The molecule has 0 amide bonds. The van der Waals surface area contributed by atoms with E-state index in [4.69, 9.17) is 0 Å². The Labute approximate surface area is 260 Å². The molecule has 0 radical (unpaired) electrons. The predicted octanol–water partition coefficient (Wildman–Crippen LogP) is 3.53. The van der Waals surface area contributed by atoms with E-state index in [1.165, 1.54) is 39.0 Å². The largest absolute Gasteiger partial charge is 1.00 e. The molecule has 0 fully saturated rings. The third-order valence-electron chi connectivity index (χ3n) is 8.94. The average Bonchev–Trinajstić information content (AvgIpc) is 3.33. The van der Waals surface area contributed by atoms with E-state index in [0.29, 0.717) is 9.54 Å². The van der Waals surface area contributed by atoms with Crippen LogP contribution in [-0.2, 0) is 21.3 Å². The number of fused-ring (bicyclic) bond motifs is 3. The van der Waals surface area contributed by atoms with Gasteiger partial charge in [-0.2, -0.15) is 0 Å². The normalized spacial score (nSPS) is 15.6. The van der Waals surface area contributed by atoms with Crippen molar-refractivity contribution in [3.05, 3.63) is 150 Å². The van der Waals surface area contributed by atoms with Crippen LogP contribution in [-0.4, -0.2) is 3.21 Å². The van der Waals surface area contributed by atoms with E-state index in [2.05, 4.69) is 139 Å². The summed E-state index contributed by atoms with van der Waals surface area (Å²) in [4.78, 5) is 0. The van der Waals surface area contributed by atoms with Crippen molar-refractivity contribution >= 4 is 3.21 Å². The van der Waals surface area contributed by atoms with Gasteiger partial charge in [-0.05, 0) is 0 Å². The van der Waals surface area contributed by atoms with Gasteiger partial charge in [-0.1, -0.05) is 0 Å². The van der Waals surface area contributed by atoms with E-state index >= 15 is 0 Å². The molecule has 4 aromatic rings. The van der Waals surface area contributed by atoms with Crippen LogP contribution in [0.25, 0.3) is 11.1 Å². The van der Waals surface area contributed by atoms with E-state index < -0.39 is 21.3 Å². The second-order valence-electron chi connectivity index (χ2n) is 11.2. The van der Waals surface area contributed by atoms with Gasteiger partial charge in [0.15, 0.2) is 0 Å². The van der Waals surface area contributed by atoms with Crippen LogP contribution in [0.5, 0.6) is 0 Å². The molecule has 0 nitrogen and oxygen atoms in total. The molecule has 202 valence electrons. The smallest absolute Gasteiger partial charge is 1.00 e. The van der Waals surface area contributed by atoms with Gasteiger partial charge in [0.1, 0.15) is 0 Å². The Hall–Kier alpha value is -2.31. The van der Waals surface area contributed by atoms with Crippen molar-refractivity contribution in [2.24, 2.45) is 5.92 Å². The first-order chi connectivity index (χ1) is 18.4. The molecule has 3 heteroatoms. The first-order valence-corrected chi connectivity index (χ1v) is 17.7. The first kappa shape index (κ1) is 30.6. The molecule has 4 aromatic carbocycles. The molecule has 1 unspecified atom stereocenters. The first-order valence-electron chi connectivity index (χ1n) is 13.8. The topological polar surface area (TPSA) is 0 Å². The summed E-state index contributed by atoms with van der Waals surface area (Å²) in [5.74, 6) is 0.494. The molecule has 0 saturated heterocycles. The number of halogens is 2. The van der Waals surface area contributed by atoms with Gasteiger partial charge >= 0.3 is 237 Å². The molecular formula is C37H36Cl2Zr. The van der Waals surface area contributed by atoms with Crippen molar-refractivity contribution < 1.29 is 46.1 Å². The minimum absolute atomic E-state index is 0. The SMILES string of the molecule is CC1=C(C)C(C)[C]([Zr+2](=[C](c2ccccc2)c2ccccc2)[CH]2c3cc(C)ccc3-c3ccc(C)cc32)=C1C.[Cl-].[Cl-]. The number of allylic oxidation sites excluding steroid dienone is 4. The van der Waals surface area contributed by atoms with E-state index in [-0.39, 0.29) is 24.8 Å². The van der Waals surface area contributed by atoms with Gasteiger partial charge in [0.25, 0.3) is 0 Å². The Kier molecular flexibility index (Phi) is 9.41. The van der Waals surface area contributed by atoms with Crippen LogP contribution >= 0.6 is 0 Å². The summed E-state index contributed by atoms with van der Waals surface area (Å²) >= 11 is -2.72. The van der Waals surface area contributed by atoms with E-state index in [0.717, 1.165) is 0 Å². The molecule has 0 spiro atoms. The standard InChI is InChI=1S/C15H13.C13H10.C9H13.2ClH.Zr/c1-10-3-5-14-12(7-10)9-13-8-11(2)4-6-15(13)14;1-3-7-12(8-4-1)11-13-9-5-2-6-10-13;1-6-5-7(2)9(4)8(6)3;;;/h3-9H,1-2H3;1-10H;6H,1-4H3;2*1H;/q;;;;;+2/p-2. The van der Waals surface area contributed by atoms with E-state index in [9.17, 15) is 0 Å². The summed E-state index contributed by atoms with van der Waals surface area (Å²) in [5, 5.41) is 0. The fraction of sp³-hybridized carbons (Fsp3) is 0.216. The number of benzene rings is 4. The molecule has 2 aliphatic rings. The van der Waals surface area contributed by atoms with Gasteiger partial charge in [-0.25, -0.2) is 0 Å². The second kappa shape index (κ2) is 12.3. The van der Waals surface area contributed by atoms with Gasteiger partial charge in [-0.15, -0.1) is 0 Å². The number of hydrogen-bond donors (Lipinski definition) is 0. The van der Waals surface area contributed by atoms with Crippen molar-refractivity contribution in [2.45, 2.75) is 45.2 Å². The Morgan fingerprint density at radius 3 is 1.43 bits per heavy atom. The van der Waals surface area contributed by atoms with Gasteiger partial charge in [-0.3, -0.25) is 0 Å². The second-order valence-corrected chi connectivity index (χ2v) is 17.2. The minimum atomic E-state index is -2.72. The summed E-state index contributed by atoms with van der Waals surface area (Å²) in [6.07, 6.45) is 0. The molecule has 2 aliphatic carbocycles. The maximum Gasteiger partial charge on any atom is -1.00 e. The summed E-state index contributed by atoms with van der Waals surface area (Å²) in [6, 6.07) is 37.0. The molecular weight excluding hydrogens is 607 g/mol. The third kappa shape index (κ3) is 5.11. The van der Waals surface area contributed by atoms with Crippen LogP contribution in [0.15, 0.2) is 117 Å². The Balaban J connectivity index is 0.00000185. The van der Waals surface area contributed by atoms with Crippen LogP contribution in [0.4, 0.5) is 0 Å². The molecule has 0 heterocycles. The van der Waals surface area contributed by atoms with Crippen molar-refractivity contribution in [2.75, 3.05) is 0 Å². The minimum Gasteiger partial charge on any atom is -1.00 e. The van der Waals surface area contributed by atoms with E-state index in [1.54, 1.807) is 28.8 Å². The zero-order chi connectivity index (χ0) is 26.6. The molecule has 0 N–H and O–H groups in total. The van der Waals surface area contributed by atoms with Crippen LogP contribution in [0, 0.1) is 19.8 Å². The van der Waals surface area contributed by atoms with Crippen LogP contribution in [0.1, 0.15) is 64.7 Å². The summed E-state index contributed by atoms with van der Waals surface area (Å²) in [5.41, 5.74) is 16.1. The summed E-state index contributed by atoms with van der Waals surface area (Å²) in [6.45, 7) is 14.1. The van der Waals surface area contributed by atoms with Gasteiger partial charge < -0.3 is 24.8 Å². The maximum absolute atomic E-state index is 2.72. The summed E-state index contributed by atoms with van der Waals surface area (Å²) in [7, 11) is 0. The quantitative estimate of drug-likeness (QED) is 0.320. The van der Waals surface area contributed by atoms with Gasteiger partial charge in [0, 0.05) is 0 Å². The number of rotatable bonds is 4. The molecule has 0 aromatic heterocycles. The fourth-order valence-electron chi connectivity index (χ4n) is 6.73. The van der Waals surface area contributed by atoms with Crippen LogP contribution in [0.2, 0.25) is 0 Å². The Morgan fingerprint density at radius 1 is 0.575 bits per heavy atom. The van der Waals surface area contributed by atoms with Gasteiger partial charge in [0.2, 0.25) is 0 Å². The third-order valence-corrected chi connectivity index (χ3v) is 18.0. The van der Waals surface area contributed by atoms with Crippen molar-refractivity contribution in [3.8, 4) is 11.1 Å². The number of hydrogen-bond acceptors (Lipinski definition) is 0. The zero-order valence-corrected chi connectivity index (χ0v) is 28.1. The predicted molar refractivity (Wildman–Crippen MR) is 160 cm³/mol. The average molecular weight is 643 g/mol. The molecule has 6 rings (SSSR count). The van der Waals surface area contributed by atoms with Crippen LogP contribution in [0.3, 0.4) is 0 Å². The maximum atomic E-state index is 2.51. The Morgan fingerprint density at radius 2 is 1.02 bits per heavy atom. The molecule has 1 atom stereocenters. The fourth-order valence-corrected chi connectivity index (χ4v) is 17.1. The summed E-state index contributed by atoms with van der Waals surface area (Å²) < 4.78 is 3.85. The molecule has 0 bridgehead atoms. The van der Waals surface area contributed by atoms with Crippen LogP contribution < -0.4 is 24.8 Å².